The van der Waals surface area contributed by atoms with Crippen molar-refractivity contribution in [1.82, 2.24) is 0 Å². The quantitative estimate of drug-likeness (QED) is 0.167. The first-order valence-corrected chi connectivity index (χ1v) is 24.8. The number of rotatable bonds is 6. The summed E-state index contributed by atoms with van der Waals surface area (Å²) in [5, 5.41) is 2.07. The first-order valence-electron chi connectivity index (χ1n) is 24.8. The van der Waals surface area contributed by atoms with Gasteiger partial charge in [-0.15, -0.1) is 0 Å². The highest BCUT2D eigenvalue weighted by Gasteiger charge is 2.46. The molecule has 0 amide bonds. The average Bonchev–Trinajstić information content (AvgIpc) is 3.99. The number of carbonyl (C=O) groups is 1. The molecule has 0 fully saturated rings. The van der Waals surface area contributed by atoms with Gasteiger partial charge in [-0.3, -0.25) is 4.79 Å². The Morgan fingerprint density at radius 2 is 0.845 bits per heavy atom. The van der Waals surface area contributed by atoms with Gasteiger partial charge < -0.3 is 9.32 Å². The highest BCUT2D eigenvalue weighted by atomic mass is 16.3. The third kappa shape index (κ3) is 5.75. The van der Waals surface area contributed by atoms with Crippen LogP contribution in [0.4, 0.5) is 17.1 Å². The number of carbonyl (C=O) groups excluding carboxylic acids is 1. The minimum absolute atomic E-state index is 0.0472. The Labute approximate surface area is 414 Å². The topological polar surface area (TPSA) is 33.5 Å². The van der Waals surface area contributed by atoms with Crippen molar-refractivity contribution >= 4 is 44.8 Å². The van der Waals surface area contributed by atoms with Crippen molar-refractivity contribution in [3.05, 3.63) is 280 Å². The third-order valence-corrected chi connectivity index (χ3v) is 16.4. The lowest BCUT2D eigenvalue weighted by Gasteiger charge is -2.42. The summed E-state index contributed by atoms with van der Waals surface area (Å²) in [7, 11) is 0. The number of benzene rings is 10. The molecule has 0 bridgehead atoms. The molecule has 338 valence electrons. The molecule has 0 unspecified atom stereocenters. The highest BCUT2D eigenvalue weighted by molar-refractivity contribution is 6.15. The number of hydrogen-bond donors (Lipinski definition) is 0. The van der Waals surface area contributed by atoms with Crippen LogP contribution in [0.25, 0.3) is 55.3 Å². The van der Waals surface area contributed by atoms with Gasteiger partial charge in [0.2, 0.25) is 0 Å². The summed E-state index contributed by atoms with van der Waals surface area (Å²) < 4.78 is 7.07. The second kappa shape index (κ2) is 15.0. The van der Waals surface area contributed by atoms with Gasteiger partial charge in [-0.05, 0) is 126 Å². The zero-order valence-electron chi connectivity index (χ0n) is 40.1. The van der Waals surface area contributed by atoms with Crippen LogP contribution in [0.2, 0.25) is 0 Å². The van der Waals surface area contributed by atoms with Crippen LogP contribution in [-0.4, -0.2) is 5.78 Å². The lowest BCUT2D eigenvalue weighted by molar-refractivity contribution is 0.103. The summed E-state index contributed by atoms with van der Waals surface area (Å²) >= 11 is 0. The van der Waals surface area contributed by atoms with Crippen LogP contribution < -0.4 is 4.90 Å². The predicted octanol–water partition coefficient (Wildman–Crippen LogP) is 17.3. The SMILES string of the molecule is CC1(C)c2ccccc2-c2ccc(N(c3ccc4c(c3)C(C)(C)c3ccccc3-4)c3cccc4c3oc3ccc(-c5ccc6c(c5)C(c5ccccc5)(c5ccccc5)c5ccccc5C6=O)cc34)cc21. The summed E-state index contributed by atoms with van der Waals surface area (Å²) in [6.45, 7) is 9.39. The predicted molar refractivity (Wildman–Crippen MR) is 291 cm³/mol. The van der Waals surface area contributed by atoms with Crippen LogP contribution in [0.3, 0.4) is 0 Å². The standard InChI is InChI=1S/C68H49NO2/c1-66(2)56-26-14-11-22-48(56)50-35-32-46(40-59(50)66)69(47-33-36-51-49-23-12-15-27-57(49)67(3,4)60(51)41-47)62-29-17-25-52-55-38-42(31-37-63(55)71-65(52)62)43-30-34-54-61(39-43)68(44-18-7-5-8-19-44,45-20-9-6-10-21-45)58-28-16-13-24-53(58)64(54)70/h5-41H,1-4H3. The van der Waals surface area contributed by atoms with Crippen molar-refractivity contribution in [1.29, 1.82) is 0 Å². The minimum atomic E-state index is -0.728. The summed E-state index contributed by atoms with van der Waals surface area (Å²) in [4.78, 5) is 17.0. The van der Waals surface area contributed by atoms with Gasteiger partial charge in [0.15, 0.2) is 11.4 Å². The Kier molecular flexibility index (Phi) is 8.75. The fourth-order valence-electron chi connectivity index (χ4n) is 12.9. The van der Waals surface area contributed by atoms with Crippen molar-refractivity contribution < 1.29 is 9.21 Å². The number of para-hydroxylation sites is 1. The largest absolute Gasteiger partial charge is 0.454 e. The van der Waals surface area contributed by atoms with E-state index in [1.165, 1.54) is 44.5 Å². The first kappa shape index (κ1) is 41.4. The number of anilines is 3. The second-order valence-electron chi connectivity index (χ2n) is 20.7. The van der Waals surface area contributed by atoms with Crippen molar-refractivity contribution in [2.45, 2.75) is 43.9 Å². The zero-order chi connectivity index (χ0) is 47.8. The summed E-state index contributed by atoms with van der Waals surface area (Å²) in [6, 6.07) is 80.7. The normalized spacial score (nSPS) is 15.1. The van der Waals surface area contributed by atoms with Crippen molar-refractivity contribution in [3.63, 3.8) is 0 Å². The van der Waals surface area contributed by atoms with Crippen LogP contribution in [0, 0.1) is 0 Å². The summed E-state index contributed by atoms with van der Waals surface area (Å²) in [5.41, 5.74) is 22.0. The molecule has 0 spiro atoms. The Morgan fingerprint density at radius 3 is 1.45 bits per heavy atom. The van der Waals surface area contributed by atoms with E-state index in [1.807, 2.05) is 18.2 Å². The molecule has 3 aliphatic rings. The molecule has 1 heterocycles. The summed E-state index contributed by atoms with van der Waals surface area (Å²) in [6.07, 6.45) is 0. The Hall–Kier alpha value is -8.53. The average molecular weight is 912 g/mol. The van der Waals surface area contributed by atoms with Crippen molar-refractivity contribution in [2.24, 2.45) is 0 Å². The molecule has 0 N–H and O–H groups in total. The van der Waals surface area contributed by atoms with E-state index >= 15 is 0 Å². The zero-order valence-corrected chi connectivity index (χ0v) is 40.1. The van der Waals surface area contributed by atoms with Gasteiger partial charge in [0, 0.05) is 44.1 Å². The molecular weight excluding hydrogens is 863 g/mol. The van der Waals surface area contributed by atoms with E-state index in [4.69, 9.17) is 4.42 Å². The Bertz CT molecular complexity index is 3880. The van der Waals surface area contributed by atoms with E-state index in [0.29, 0.717) is 0 Å². The van der Waals surface area contributed by atoms with Gasteiger partial charge in [-0.1, -0.05) is 204 Å². The van der Waals surface area contributed by atoms with E-state index in [0.717, 1.165) is 83.5 Å². The maximum Gasteiger partial charge on any atom is 0.193 e. The first-order chi connectivity index (χ1) is 34.6. The monoisotopic (exact) mass is 911 g/mol. The fraction of sp³-hybridized carbons (Fsp3) is 0.103. The summed E-state index contributed by atoms with van der Waals surface area (Å²) in [5.74, 6) is 0.0472. The molecule has 71 heavy (non-hydrogen) atoms. The number of furan rings is 1. The van der Waals surface area contributed by atoms with E-state index in [-0.39, 0.29) is 16.6 Å². The molecule has 14 rings (SSSR count). The molecule has 0 radical (unpaired) electrons. The minimum Gasteiger partial charge on any atom is -0.454 e. The van der Waals surface area contributed by atoms with Crippen LogP contribution in [0.15, 0.2) is 229 Å². The lowest BCUT2D eigenvalue weighted by Crippen LogP contribution is -2.38. The molecule has 10 aromatic carbocycles. The molecule has 0 aliphatic heterocycles. The van der Waals surface area contributed by atoms with E-state index in [1.54, 1.807) is 0 Å². The molecular formula is C68H49NO2. The maximum atomic E-state index is 14.5. The molecule has 0 saturated carbocycles. The molecule has 3 aliphatic carbocycles. The third-order valence-electron chi connectivity index (χ3n) is 16.4. The van der Waals surface area contributed by atoms with Crippen LogP contribution in [0.1, 0.15) is 88.1 Å². The van der Waals surface area contributed by atoms with Crippen LogP contribution in [0.5, 0.6) is 0 Å². The molecule has 3 nitrogen and oxygen atoms in total. The number of hydrogen-bond acceptors (Lipinski definition) is 3. The van der Waals surface area contributed by atoms with Gasteiger partial charge in [0.25, 0.3) is 0 Å². The Morgan fingerprint density at radius 1 is 0.366 bits per heavy atom. The Balaban J connectivity index is 0.953. The smallest absolute Gasteiger partial charge is 0.193 e. The van der Waals surface area contributed by atoms with Gasteiger partial charge in [0.1, 0.15) is 5.58 Å². The van der Waals surface area contributed by atoms with Gasteiger partial charge in [0.05, 0.1) is 11.1 Å². The number of nitrogens with zero attached hydrogens (tertiary/aromatic N) is 1. The van der Waals surface area contributed by atoms with E-state index < -0.39 is 5.41 Å². The molecule has 1 aromatic heterocycles. The maximum absolute atomic E-state index is 14.5. The van der Waals surface area contributed by atoms with Crippen molar-refractivity contribution in [3.8, 4) is 33.4 Å². The van der Waals surface area contributed by atoms with Crippen molar-refractivity contribution in [2.75, 3.05) is 4.90 Å². The van der Waals surface area contributed by atoms with E-state index in [9.17, 15) is 4.79 Å². The highest BCUT2D eigenvalue weighted by Crippen LogP contribution is 2.55. The van der Waals surface area contributed by atoms with Gasteiger partial charge in [-0.25, -0.2) is 0 Å². The second-order valence-corrected chi connectivity index (χ2v) is 20.7. The van der Waals surface area contributed by atoms with Gasteiger partial charge >= 0.3 is 0 Å². The van der Waals surface area contributed by atoms with E-state index in [2.05, 4.69) is 239 Å². The molecule has 0 saturated heterocycles. The van der Waals surface area contributed by atoms with Crippen LogP contribution >= 0.6 is 0 Å². The lowest BCUT2D eigenvalue weighted by atomic mass is 9.59. The number of ketones is 1. The fourth-order valence-corrected chi connectivity index (χ4v) is 12.9. The van der Waals surface area contributed by atoms with Crippen LogP contribution in [-0.2, 0) is 16.2 Å². The molecule has 11 aromatic rings. The van der Waals surface area contributed by atoms with Gasteiger partial charge in [-0.2, -0.15) is 0 Å². The molecule has 0 atom stereocenters. The number of fused-ring (bicyclic) bond motifs is 11. The molecule has 3 heteroatoms.